The smallest absolute Gasteiger partial charge is 0.496 e. The number of hydrogen-bond acceptors (Lipinski definition) is 8. The van der Waals surface area contributed by atoms with Crippen LogP contribution in [0.15, 0.2) is 78.5 Å². The van der Waals surface area contributed by atoms with Crippen molar-refractivity contribution in [1.29, 1.82) is 0 Å². The molecule has 0 fully saturated rings. The van der Waals surface area contributed by atoms with Crippen LogP contribution in [0.3, 0.4) is 0 Å². The summed E-state index contributed by atoms with van der Waals surface area (Å²) in [6, 6.07) is 17.7. The molecule has 4 rings (SSSR count). The van der Waals surface area contributed by atoms with Crippen molar-refractivity contribution in [3.63, 3.8) is 0 Å². The van der Waals surface area contributed by atoms with E-state index >= 15 is 0 Å². The van der Waals surface area contributed by atoms with E-state index in [4.69, 9.17) is 9.47 Å². The van der Waals surface area contributed by atoms with E-state index in [-0.39, 0.29) is 80.3 Å². The molecule has 0 spiro atoms. The molecule has 0 unspecified atom stereocenters. The second-order valence-corrected chi connectivity index (χ2v) is 8.33. The molecule has 0 atom stereocenters. The Morgan fingerprint density at radius 3 is 2.20 bits per heavy atom. The molecule has 11 heteroatoms. The molecule has 9 nitrogen and oxygen atoms in total. The number of hydrogen-bond donors (Lipinski definition) is 0. The molecule has 0 amide bonds. The third kappa shape index (κ3) is 6.72. The van der Waals surface area contributed by atoms with Gasteiger partial charge in [0.15, 0.2) is 15.8 Å². The Morgan fingerprint density at radius 1 is 0.829 bits per heavy atom. The van der Waals surface area contributed by atoms with Crippen molar-refractivity contribution in [2.45, 2.75) is 0 Å². The quantitative estimate of drug-likeness (QED) is 0.326. The number of nitrogens with zero attached hydrogens (tertiary/aromatic N) is 5. The van der Waals surface area contributed by atoms with Gasteiger partial charge in [0.05, 0.1) is 14.2 Å². The van der Waals surface area contributed by atoms with Crippen molar-refractivity contribution in [2.24, 2.45) is 0 Å². The zero-order valence-corrected chi connectivity index (χ0v) is 23.3. The van der Waals surface area contributed by atoms with Crippen LogP contribution < -0.4 is 60.9 Å². The number of rotatable bonds is 8. The van der Waals surface area contributed by atoms with Gasteiger partial charge in [-0.2, -0.15) is 0 Å². The Balaban J connectivity index is 0.00000342. The van der Waals surface area contributed by atoms with Gasteiger partial charge in [0.1, 0.15) is 11.6 Å². The first-order chi connectivity index (χ1) is 16.5. The SMILES string of the molecule is COc1ccccc1-c1c([N-]S(=O)(=O)/C=C/c2ccccc2)nc(-c2ncccn2)nc1OC.[K+]. The summed E-state index contributed by atoms with van der Waals surface area (Å²) in [7, 11) is -1.16. The van der Waals surface area contributed by atoms with Gasteiger partial charge >= 0.3 is 51.4 Å². The summed E-state index contributed by atoms with van der Waals surface area (Å²) in [6.07, 6.45) is 4.52. The van der Waals surface area contributed by atoms with E-state index in [0.717, 1.165) is 5.41 Å². The topological polar surface area (TPSA) is 118 Å². The molecular weight excluding hydrogens is 493 g/mol. The molecule has 2 heterocycles. The summed E-state index contributed by atoms with van der Waals surface area (Å²) in [5, 5.41) is 1.02. The number of para-hydroxylation sites is 1. The molecule has 0 saturated carbocycles. The van der Waals surface area contributed by atoms with Gasteiger partial charge in [0, 0.05) is 28.9 Å². The predicted molar refractivity (Wildman–Crippen MR) is 129 cm³/mol. The van der Waals surface area contributed by atoms with E-state index in [1.165, 1.54) is 32.7 Å². The zero-order valence-electron chi connectivity index (χ0n) is 19.4. The van der Waals surface area contributed by atoms with Crippen molar-refractivity contribution in [1.82, 2.24) is 19.9 Å². The second kappa shape index (κ2) is 12.3. The maximum absolute atomic E-state index is 12.9. The molecule has 172 valence electrons. The number of ether oxygens (including phenoxy) is 2. The monoisotopic (exact) mass is 513 g/mol. The molecule has 0 aliphatic rings. The minimum atomic E-state index is -4.09. The minimum Gasteiger partial charge on any atom is -0.496 e. The van der Waals surface area contributed by atoms with Gasteiger partial charge in [-0.3, -0.25) is 0 Å². The van der Waals surface area contributed by atoms with E-state index in [1.807, 2.05) is 18.2 Å². The third-order valence-electron chi connectivity index (χ3n) is 4.64. The van der Waals surface area contributed by atoms with Gasteiger partial charge in [0.25, 0.3) is 0 Å². The maximum atomic E-state index is 12.9. The fourth-order valence-corrected chi connectivity index (χ4v) is 3.89. The second-order valence-electron chi connectivity index (χ2n) is 6.85. The first-order valence-electron chi connectivity index (χ1n) is 10.1. The van der Waals surface area contributed by atoms with Crippen LogP contribution >= 0.6 is 0 Å². The molecule has 0 aliphatic carbocycles. The molecule has 0 aliphatic heterocycles. The van der Waals surface area contributed by atoms with Crippen LogP contribution in [0.5, 0.6) is 11.6 Å². The molecule has 2 aromatic carbocycles. The summed E-state index contributed by atoms with van der Waals surface area (Å²) in [6.45, 7) is 0. The van der Waals surface area contributed by atoms with Gasteiger partial charge in [-0.05, 0) is 29.6 Å². The molecule has 2 aromatic heterocycles. The maximum Gasteiger partial charge on any atom is 1.00 e. The van der Waals surface area contributed by atoms with E-state index < -0.39 is 10.0 Å². The van der Waals surface area contributed by atoms with E-state index in [0.29, 0.717) is 16.9 Å². The van der Waals surface area contributed by atoms with Crippen molar-refractivity contribution < 1.29 is 69.3 Å². The van der Waals surface area contributed by atoms with Gasteiger partial charge in [0.2, 0.25) is 5.88 Å². The first-order valence-corrected chi connectivity index (χ1v) is 11.6. The van der Waals surface area contributed by atoms with E-state index in [9.17, 15) is 8.42 Å². The van der Waals surface area contributed by atoms with Crippen LogP contribution in [0.25, 0.3) is 33.6 Å². The Morgan fingerprint density at radius 2 is 1.51 bits per heavy atom. The van der Waals surface area contributed by atoms with Crippen molar-refractivity contribution in [2.75, 3.05) is 14.2 Å². The largest absolute Gasteiger partial charge is 1.00 e. The molecule has 4 aromatic rings. The molecule has 0 N–H and O–H groups in total. The zero-order chi connectivity index (χ0) is 24.0. The fourth-order valence-electron chi connectivity index (χ4n) is 3.12. The molecular formula is C24H20KN5O4S. The van der Waals surface area contributed by atoms with Crippen LogP contribution in [-0.4, -0.2) is 42.6 Å². The summed E-state index contributed by atoms with van der Waals surface area (Å²) < 4.78 is 40.9. The minimum absolute atomic E-state index is 0. The molecule has 0 saturated heterocycles. The van der Waals surface area contributed by atoms with Gasteiger partial charge in [-0.25, -0.2) is 23.4 Å². The van der Waals surface area contributed by atoms with Crippen LogP contribution in [0, 0.1) is 0 Å². The van der Waals surface area contributed by atoms with Crippen LogP contribution in [0.1, 0.15) is 5.56 Å². The van der Waals surface area contributed by atoms with E-state index in [2.05, 4.69) is 24.7 Å². The Kier molecular flexibility index (Phi) is 9.49. The predicted octanol–water partition coefficient (Wildman–Crippen LogP) is 1.63. The molecule has 0 radical (unpaired) electrons. The van der Waals surface area contributed by atoms with Gasteiger partial charge in [-0.15, -0.1) is 0 Å². The van der Waals surface area contributed by atoms with Gasteiger partial charge < -0.3 is 19.2 Å². The number of benzene rings is 2. The number of methoxy groups -OCH3 is 2. The Labute approximate surface area is 246 Å². The Hall–Kier alpha value is -2.67. The molecule has 0 bridgehead atoms. The average Bonchev–Trinajstić information content (AvgIpc) is 2.88. The first kappa shape index (κ1) is 26.9. The fraction of sp³-hybridized carbons (Fsp3) is 0.0833. The standard InChI is InChI=1S/C24H20N5O4S.K/c1-32-19-12-7-6-11-18(19)20-21(29-34(30,31)16-13-17-9-4-3-5-10-17)27-23(28-24(20)33-2)22-25-14-8-15-26-22;/h3-16H,1-2H3;/q-1;+1/b16-13+;. The summed E-state index contributed by atoms with van der Waals surface area (Å²) >= 11 is 0. The van der Waals surface area contributed by atoms with Crippen LogP contribution in [0.2, 0.25) is 0 Å². The van der Waals surface area contributed by atoms with E-state index in [1.54, 1.807) is 42.5 Å². The van der Waals surface area contributed by atoms with Crippen LogP contribution in [0.4, 0.5) is 5.82 Å². The number of aromatic nitrogens is 4. The van der Waals surface area contributed by atoms with Crippen molar-refractivity contribution >= 4 is 21.9 Å². The Bertz CT molecular complexity index is 1420. The number of sulfonamides is 1. The average molecular weight is 514 g/mol. The third-order valence-corrected chi connectivity index (χ3v) is 5.55. The van der Waals surface area contributed by atoms with Gasteiger partial charge in [-0.1, -0.05) is 48.5 Å². The summed E-state index contributed by atoms with van der Waals surface area (Å²) in [5.74, 6) is 0.708. The normalized spacial score (nSPS) is 11.0. The summed E-state index contributed by atoms with van der Waals surface area (Å²) in [4.78, 5) is 17.1. The van der Waals surface area contributed by atoms with Crippen molar-refractivity contribution in [3.8, 4) is 34.4 Å². The molecule has 35 heavy (non-hydrogen) atoms. The van der Waals surface area contributed by atoms with Crippen molar-refractivity contribution in [3.05, 3.63) is 88.8 Å². The summed E-state index contributed by atoms with van der Waals surface area (Å²) in [5.41, 5.74) is 1.49. The van der Waals surface area contributed by atoms with Crippen LogP contribution in [-0.2, 0) is 10.0 Å².